The van der Waals surface area contributed by atoms with Gasteiger partial charge in [-0.2, -0.15) is 0 Å². The molecule has 4 N–H and O–H groups in total. The summed E-state index contributed by atoms with van der Waals surface area (Å²) >= 11 is 0. The van der Waals surface area contributed by atoms with Gasteiger partial charge in [-0.1, -0.05) is 13.8 Å². The predicted molar refractivity (Wildman–Crippen MR) is 76.4 cm³/mol. The van der Waals surface area contributed by atoms with Crippen molar-refractivity contribution < 1.29 is 23.9 Å². The van der Waals surface area contributed by atoms with Crippen LogP contribution in [0, 0.1) is 5.92 Å². The third-order valence-corrected chi connectivity index (χ3v) is 2.39. The molecule has 0 bridgehead atoms. The van der Waals surface area contributed by atoms with Crippen LogP contribution >= 0.6 is 0 Å². The summed E-state index contributed by atoms with van der Waals surface area (Å²) in [6, 6.07) is -1.04. The summed E-state index contributed by atoms with van der Waals surface area (Å²) in [6.07, 6.45) is -0.405. The summed E-state index contributed by atoms with van der Waals surface area (Å²) in [7, 11) is 1.56. The van der Waals surface area contributed by atoms with Crippen molar-refractivity contribution in [3.05, 3.63) is 0 Å². The van der Waals surface area contributed by atoms with Gasteiger partial charge in [0.25, 0.3) is 0 Å². The number of amides is 3. The molecule has 0 aromatic heterocycles. The SMILES string of the molecule is COCCCNC(=O)[C@H](CC(N)=O)NC(=O)OCC(C)C. The van der Waals surface area contributed by atoms with Crippen molar-refractivity contribution in [1.82, 2.24) is 10.6 Å². The number of methoxy groups -OCH3 is 1. The molecule has 0 fully saturated rings. The van der Waals surface area contributed by atoms with Crippen LogP contribution in [0.1, 0.15) is 26.7 Å². The molecule has 0 aromatic carbocycles. The lowest BCUT2D eigenvalue weighted by atomic mass is 10.2. The molecule has 21 heavy (non-hydrogen) atoms. The van der Waals surface area contributed by atoms with Gasteiger partial charge in [-0.25, -0.2) is 4.79 Å². The number of alkyl carbamates (subject to hydrolysis) is 1. The maximum Gasteiger partial charge on any atom is 0.407 e. The van der Waals surface area contributed by atoms with Gasteiger partial charge in [0, 0.05) is 20.3 Å². The van der Waals surface area contributed by atoms with E-state index in [-0.39, 0.29) is 18.9 Å². The van der Waals surface area contributed by atoms with E-state index in [0.29, 0.717) is 19.6 Å². The van der Waals surface area contributed by atoms with E-state index in [1.807, 2.05) is 13.8 Å². The first kappa shape index (κ1) is 19.2. The van der Waals surface area contributed by atoms with Crippen LogP contribution in [-0.2, 0) is 19.1 Å². The van der Waals surface area contributed by atoms with Gasteiger partial charge >= 0.3 is 6.09 Å². The van der Waals surface area contributed by atoms with Crippen molar-refractivity contribution in [2.45, 2.75) is 32.7 Å². The van der Waals surface area contributed by atoms with Gasteiger partial charge in [0.05, 0.1) is 13.0 Å². The van der Waals surface area contributed by atoms with Gasteiger partial charge in [0.2, 0.25) is 11.8 Å². The van der Waals surface area contributed by atoms with Crippen molar-refractivity contribution in [3.63, 3.8) is 0 Å². The average Bonchev–Trinajstić information content (AvgIpc) is 2.40. The van der Waals surface area contributed by atoms with Gasteiger partial charge in [-0.15, -0.1) is 0 Å². The average molecular weight is 303 g/mol. The minimum atomic E-state index is -1.04. The molecule has 0 rings (SSSR count). The van der Waals surface area contributed by atoms with E-state index in [4.69, 9.17) is 15.2 Å². The molecule has 0 radical (unpaired) electrons. The van der Waals surface area contributed by atoms with Crippen LogP contribution in [-0.4, -0.2) is 50.8 Å². The first-order chi connectivity index (χ1) is 9.86. The molecule has 0 aromatic rings. The highest BCUT2D eigenvalue weighted by atomic mass is 16.5. The number of nitrogens with one attached hydrogen (secondary N) is 2. The Morgan fingerprint density at radius 3 is 2.43 bits per heavy atom. The summed E-state index contributed by atoms with van der Waals surface area (Å²) < 4.78 is 9.76. The second-order valence-electron chi connectivity index (χ2n) is 5.00. The summed E-state index contributed by atoms with van der Waals surface area (Å²) in [6.45, 7) is 4.88. The Morgan fingerprint density at radius 1 is 1.24 bits per heavy atom. The summed E-state index contributed by atoms with van der Waals surface area (Å²) in [4.78, 5) is 34.4. The largest absolute Gasteiger partial charge is 0.449 e. The van der Waals surface area contributed by atoms with Crippen LogP contribution in [0.2, 0.25) is 0 Å². The molecular formula is C13H25N3O5. The van der Waals surface area contributed by atoms with Crippen LogP contribution in [0.15, 0.2) is 0 Å². The molecule has 0 saturated heterocycles. The van der Waals surface area contributed by atoms with Crippen LogP contribution in [0.25, 0.3) is 0 Å². The summed E-state index contributed by atoms with van der Waals surface area (Å²) in [5.41, 5.74) is 5.07. The maximum atomic E-state index is 11.9. The number of nitrogens with two attached hydrogens (primary N) is 1. The van der Waals surface area contributed by atoms with Gasteiger partial charge in [-0.05, 0) is 12.3 Å². The zero-order valence-corrected chi connectivity index (χ0v) is 12.8. The highest BCUT2D eigenvalue weighted by molar-refractivity contribution is 5.90. The molecular weight excluding hydrogens is 278 g/mol. The van der Waals surface area contributed by atoms with Crippen LogP contribution < -0.4 is 16.4 Å². The van der Waals surface area contributed by atoms with E-state index in [1.165, 1.54) is 0 Å². The number of carbonyl (C=O) groups excluding carboxylic acids is 3. The highest BCUT2D eigenvalue weighted by Crippen LogP contribution is 1.97. The van der Waals surface area contributed by atoms with Crippen LogP contribution in [0.5, 0.6) is 0 Å². The van der Waals surface area contributed by atoms with Crippen molar-refractivity contribution in [3.8, 4) is 0 Å². The minimum Gasteiger partial charge on any atom is -0.449 e. The molecule has 3 amide bonds. The third kappa shape index (κ3) is 10.6. The molecule has 0 heterocycles. The Bertz CT molecular complexity index is 347. The van der Waals surface area contributed by atoms with E-state index in [9.17, 15) is 14.4 Å². The molecule has 0 spiro atoms. The molecule has 0 aliphatic heterocycles. The van der Waals surface area contributed by atoms with Crippen molar-refractivity contribution in [1.29, 1.82) is 0 Å². The molecule has 122 valence electrons. The lowest BCUT2D eigenvalue weighted by Gasteiger charge is -2.17. The Hall–Kier alpha value is -1.83. The topological polar surface area (TPSA) is 120 Å². The van der Waals surface area contributed by atoms with E-state index in [1.54, 1.807) is 7.11 Å². The Morgan fingerprint density at radius 2 is 1.90 bits per heavy atom. The Kier molecular flexibility index (Phi) is 9.95. The molecule has 8 heteroatoms. The van der Waals surface area contributed by atoms with Crippen LogP contribution in [0.4, 0.5) is 4.79 Å². The first-order valence-corrected chi connectivity index (χ1v) is 6.85. The van der Waals surface area contributed by atoms with Gasteiger partial charge in [-0.3, -0.25) is 9.59 Å². The number of primary amides is 1. The second-order valence-corrected chi connectivity index (χ2v) is 5.00. The lowest BCUT2D eigenvalue weighted by molar-refractivity contribution is -0.127. The molecule has 0 aliphatic carbocycles. The van der Waals surface area contributed by atoms with Crippen LogP contribution in [0.3, 0.4) is 0 Å². The van der Waals surface area contributed by atoms with Gasteiger partial charge in [0.1, 0.15) is 6.04 Å². The van der Waals surface area contributed by atoms with E-state index < -0.39 is 23.9 Å². The Labute approximate surface area is 124 Å². The van der Waals surface area contributed by atoms with Crippen molar-refractivity contribution >= 4 is 17.9 Å². The first-order valence-electron chi connectivity index (χ1n) is 6.85. The Balaban J connectivity index is 4.32. The molecule has 8 nitrogen and oxygen atoms in total. The van der Waals surface area contributed by atoms with Crippen molar-refractivity contribution in [2.75, 3.05) is 26.9 Å². The molecule has 0 aliphatic rings. The third-order valence-electron chi connectivity index (χ3n) is 2.39. The number of carbonyl (C=O) groups is 3. The van der Waals surface area contributed by atoms with E-state index in [0.717, 1.165) is 0 Å². The predicted octanol–water partition coefficient (Wildman–Crippen LogP) is -0.235. The summed E-state index contributed by atoms with van der Waals surface area (Å²) in [5, 5.41) is 4.94. The van der Waals surface area contributed by atoms with Crippen molar-refractivity contribution in [2.24, 2.45) is 11.7 Å². The normalized spacial score (nSPS) is 11.8. The highest BCUT2D eigenvalue weighted by Gasteiger charge is 2.23. The number of ether oxygens (including phenoxy) is 2. The minimum absolute atomic E-state index is 0.174. The fourth-order valence-electron chi connectivity index (χ4n) is 1.39. The summed E-state index contributed by atoms with van der Waals surface area (Å²) in [5.74, 6) is -0.990. The zero-order chi connectivity index (χ0) is 16.3. The fourth-order valence-corrected chi connectivity index (χ4v) is 1.39. The van der Waals surface area contributed by atoms with Gasteiger partial charge < -0.3 is 25.8 Å². The van der Waals surface area contributed by atoms with E-state index >= 15 is 0 Å². The standard InChI is InChI=1S/C13H25N3O5/c1-9(2)8-21-13(19)16-10(7-11(14)17)12(18)15-5-4-6-20-3/h9-10H,4-8H2,1-3H3,(H2,14,17)(H,15,18)(H,16,19)/t10-/m0/s1. The van der Waals surface area contributed by atoms with Gasteiger partial charge in [0.15, 0.2) is 0 Å². The number of hydrogen-bond acceptors (Lipinski definition) is 5. The molecule has 0 unspecified atom stereocenters. The quantitative estimate of drug-likeness (QED) is 0.481. The smallest absolute Gasteiger partial charge is 0.407 e. The number of rotatable bonds is 10. The molecule has 0 saturated carbocycles. The fraction of sp³-hybridized carbons (Fsp3) is 0.769. The zero-order valence-electron chi connectivity index (χ0n) is 12.8. The maximum absolute atomic E-state index is 11.9. The lowest BCUT2D eigenvalue weighted by Crippen LogP contribution is -2.49. The van der Waals surface area contributed by atoms with E-state index in [2.05, 4.69) is 10.6 Å². The number of hydrogen-bond donors (Lipinski definition) is 3. The monoisotopic (exact) mass is 303 g/mol. The second kappa shape index (κ2) is 10.9. The molecule has 1 atom stereocenters.